The second-order valence-electron chi connectivity index (χ2n) is 4.91. The summed E-state index contributed by atoms with van der Waals surface area (Å²) >= 11 is 0. The zero-order chi connectivity index (χ0) is 13.4. The van der Waals surface area contributed by atoms with E-state index in [0.29, 0.717) is 11.8 Å². The van der Waals surface area contributed by atoms with E-state index in [-0.39, 0.29) is 6.61 Å². The number of rotatable bonds is 7. The first kappa shape index (κ1) is 14.5. The zero-order valence-electron chi connectivity index (χ0n) is 11.4. The first-order valence-corrected chi connectivity index (χ1v) is 6.43. The molecular weight excluding hydrogens is 224 g/mol. The average molecular weight is 246 g/mol. The maximum atomic E-state index is 8.54. The van der Waals surface area contributed by atoms with Gasteiger partial charge in [-0.2, -0.15) is 5.26 Å². The standard InChI is InChI=1S/C15H22N2O/c1-12(2)13(3)10-17-11-14-6-4-5-7-15(14)18-9-8-16/h4-7,12-13,17H,9-11H2,1-3H3. The van der Waals surface area contributed by atoms with E-state index in [2.05, 4.69) is 26.1 Å². The number of nitriles is 1. The molecule has 0 aliphatic heterocycles. The first-order valence-electron chi connectivity index (χ1n) is 6.43. The number of nitrogens with zero attached hydrogens (tertiary/aromatic N) is 1. The van der Waals surface area contributed by atoms with Crippen molar-refractivity contribution in [3.8, 4) is 11.8 Å². The van der Waals surface area contributed by atoms with E-state index in [1.807, 2.05) is 30.3 Å². The molecule has 0 amide bonds. The van der Waals surface area contributed by atoms with Gasteiger partial charge in [0.25, 0.3) is 0 Å². The van der Waals surface area contributed by atoms with Gasteiger partial charge in [0.1, 0.15) is 11.8 Å². The Morgan fingerprint density at radius 1 is 1.28 bits per heavy atom. The van der Waals surface area contributed by atoms with Crippen LogP contribution < -0.4 is 10.1 Å². The van der Waals surface area contributed by atoms with Gasteiger partial charge in [-0.3, -0.25) is 0 Å². The maximum Gasteiger partial charge on any atom is 0.174 e. The molecular formula is C15H22N2O. The van der Waals surface area contributed by atoms with E-state index < -0.39 is 0 Å². The second kappa shape index (κ2) is 7.73. The highest BCUT2D eigenvalue weighted by molar-refractivity contribution is 5.33. The van der Waals surface area contributed by atoms with Gasteiger partial charge >= 0.3 is 0 Å². The predicted molar refractivity (Wildman–Crippen MR) is 73.3 cm³/mol. The number of para-hydroxylation sites is 1. The summed E-state index contributed by atoms with van der Waals surface area (Å²) in [5.74, 6) is 2.13. The highest BCUT2D eigenvalue weighted by Gasteiger charge is 2.07. The molecule has 18 heavy (non-hydrogen) atoms. The summed E-state index contributed by atoms with van der Waals surface area (Å²) in [6.07, 6.45) is 0. The van der Waals surface area contributed by atoms with Gasteiger partial charge in [-0.1, -0.05) is 39.0 Å². The fourth-order valence-electron chi connectivity index (χ4n) is 1.57. The van der Waals surface area contributed by atoms with E-state index in [9.17, 15) is 0 Å². The van der Waals surface area contributed by atoms with E-state index in [1.165, 1.54) is 0 Å². The van der Waals surface area contributed by atoms with Crippen LogP contribution in [0.5, 0.6) is 5.75 Å². The van der Waals surface area contributed by atoms with Crippen LogP contribution in [-0.4, -0.2) is 13.2 Å². The predicted octanol–water partition coefficient (Wildman–Crippen LogP) is 2.97. The lowest BCUT2D eigenvalue weighted by molar-refractivity contribution is 0.358. The smallest absolute Gasteiger partial charge is 0.174 e. The minimum Gasteiger partial charge on any atom is -0.478 e. The third-order valence-electron chi connectivity index (χ3n) is 3.18. The molecule has 0 aliphatic carbocycles. The van der Waals surface area contributed by atoms with Crippen LogP contribution in [0.25, 0.3) is 0 Å². The van der Waals surface area contributed by atoms with Gasteiger partial charge in [-0.15, -0.1) is 0 Å². The van der Waals surface area contributed by atoms with Crippen molar-refractivity contribution in [1.82, 2.24) is 5.32 Å². The highest BCUT2D eigenvalue weighted by Crippen LogP contribution is 2.17. The summed E-state index contributed by atoms with van der Waals surface area (Å²) in [7, 11) is 0. The molecule has 3 heteroatoms. The molecule has 3 nitrogen and oxygen atoms in total. The van der Waals surface area contributed by atoms with Crippen LogP contribution in [0, 0.1) is 23.2 Å². The fraction of sp³-hybridized carbons (Fsp3) is 0.533. The summed E-state index contributed by atoms with van der Waals surface area (Å²) in [4.78, 5) is 0. The van der Waals surface area contributed by atoms with Crippen molar-refractivity contribution in [3.05, 3.63) is 29.8 Å². The molecule has 1 unspecified atom stereocenters. The van der Waals surface area contributed by atoms with Gasteiger partial charge in [0.2, 0.25) is 0 Å². The van der Waals surface area contributed by atoms with E-state index in [0.717, 1.165) is 24.4 Å². The Balaban J connectivity index is 2.49. The van der Waals surface area contributed by atoms with Gasteiger partial charge in [0.05, 0.1) is 0 Å². The quantitative estimate of drug-likeness (QED) is 0.804. The summed E-state index contributed by atoms with van der Waals surface area (Å²) in [6, 6.07) is 9.83. The monoisotopic (exact) mass is 246 g/mol. The summed E-state index contributed by atoms with van der Waals surface area (Å²) in [5, 5.41) is 12.0. The van der Waals surface area contributed by atoms with Crippen LogP contribution in [0.1, 0.15) is 26.3 Å². The van der Waals surface area contributed by atoms with Crippen LogP contribution in [0.4, 0.5) is 0 Å². The number of benzene rings is 1. The molecule has 0 saturated heterocycles. The van der Waals surface area contributed by atoms with Gasteiger partial charge in [-0.05, 0) is 24.4 Å². The molecule has 0 aliphatic rings. The van der Waals surface area contributed by atoms with Crippen molar-refractivity contribution >= 4 is 0 Å². The Morgan fingerprint density at radius 2 is 2.00 bits per heavy atom. The molecule has 1 aromatic carbocycles. The van der Waals surface area contributed by atoms with Crippen LogP contribution >= 0.6 is 0 Å². The Labute approximate surface area is 110 Å². The molecule has 1 atom stereocenters. The molecule has 1 N–H and O–H groups in total. The van der Waals surface area contributed by atoms with Gasteiger partial charge in [-0.25, -0.2) is 0 Å². The van der Waals surface area contributed by atoms with E-state index in [4.69, 9.17) is 10.00 Å². The molecule has 0 saturated carbocycles. The molecule has 1 aromatic rings. The van der Waals surface area contributed by atoms with Crippen molar-refractivity contribution in [1.29, 1.82) is 5.26 Å². The van der Waals surface area contributed by atoms with Crippen LogP contribution in [0.15, 0.2) is 24.3 Å². The summed E-state index contributed by atoms with van der Waals surface area (Å²) in [5.41, 5.74) is 1.10. The minimum atomic E-state index is 0.0966. The van der Waals surface area contributed by atoms with Gasteiger partial charge in [0, 0.05) is 12.1 Å². The molecule has 0 bridgehead atoms. The summed E-state index contributed by atoms with van der Waals surface area (Å²) in [6.45, 7) is 8.57. The lowest BCUT2D eigenvalue weighted by atomic mass is 9.98. The highest BCUT2D eigenvalue weighted by atomic mass is 16.5. The van der Waals surface area contributed by atoms with Crippen LogP contribution in [0.2, 0.25) is 0 Å². The fourth-order valence-corrected chi connectivity index (χ4v) is 1.57. The first-order chi connectivity index (χ1) is 8.65. The van der Waals surface area contributed by atoms with Gasteiger partial charge < -0.3 is 10.1 Å². The van der Waals surface area contributed by atoms with Crippen molar-refractivity contribution in [2.24, 2.45) is 11.8 Å². The maximum absolute atomic E-state index is 8.54. The van der Waals surface area contributed by atoms with Crippen molar-refractivity contribution in [3.63, 3.8) is 0 Å². The molecule has 98 valence electrons. The molecule has 0 spiro atoms. The minimum absolute atomic E-state index is 0.0966. The van der Waals surface area contributed by atoms with Gasteiger partial charge in [0.15, 0.2) is 6.61 Å². The third kappa shape index (κ3) is 4.77. The number of ether oxygens (including phenoxy) is 1. The molecule has 0 fully saturated rings. The lowest BCUT2D eigenvalue weighted by Crippen LogP contribution is -2.24. The van der Waals surface area contributed by atoms with Crippen LogP contribution in [-0.2, 0) is 6.54 Å². The topological polar surface area (TPSA) is 45.0 Å². The van der Waals surface area contributed by atoms with E-state index >= 15 is 0 Å². The van der Waals surface area contributed by atoms with Crippen LogP contribution in [0.3, 0.4) is 0 Å². The average Bonchev–Trinajstić information content (AvgIpc) is 2.37. The van der Waals surface area contributed by atoms with Crippen molar-refractivity contribution in [2.75, 3.05) is 13.2 Å². The molecule has 0 aromatic heterocycles. The number of hydrogen-bond acceptors (Lipinski definition) is 3. The third-order valence-corrected chi connectivity index (χ3v) is 3.18. The SMILES string of the molecule is CC(C)C(C)CNCc1ccccc1OCC#N. The number of nitrogens with one attached hydrogen (secondary N) is 1. The Hall–Kier alpha value is -1.53. The van der Waals surface area contributed by atoms with Crippen molar-refractivity contribution < 1.29 is 4.74 Å². The lowest BCUT2D eigenvalue weighted by Gasteiger charge is -2.17. The Morgan fingerprint density at radius 3 is 2.67 bits per heavy atom. The molecule has 0 radical (unpaired) electrons. The zero-order valence-corrected chi connectivity index (χ0v) is 11.4. The Bertz CT molecular complexity index is 396. The summed E-state index contributed by atoms with van der Waals surface area (Å²) < 4.78 is 5.39. The Kier molecular flexibility index (Phi) is 6.24. The second-order valence-corrected chi connectivity index (χ2v) is 4.91. The largest absolute Gasteiger partial charge is 0.478 e. The van der Waals surface area contributed by atoms with E-state index in [1.54, 1.807) is 0 Å². The number of hydrogen-bond donors (Lipinski definition) is 1. The normalized spacial score (nSPS) is 12.2. The molecule has 0 heterocycles. The van der Waals surface area contributed by atoms with Crippen molar-refractivity contribution in [2.45, 2.75) is 27.3 Å². The molecule has 1 rings (SSSR count).